The van der Waals surface area contributed by atoms with Crippen molar-refractivity contribution in [2.75, 3.05) is 26.4 Å². The Morgan fingerprint density at radius 2 is 1.81 bits per heavy atom. The summed E-state index contributed by atoms with van der Waals surface area (Å²) in [5.74, 6) is 0.438. The molecule has 0 radical (unpaired) electrons. The zero-order chi connectivity index (χ0) is 15.9. The van der Waals surface area contributed by atoms with Crippen LogP contribution >= 0.6 is 0 Å². The number of hydrogen-bond acceptors (Lipinski definition) is 4. The molecule has 120 valence electrons. The molecule has 5 nitrogen and oxygen atoms in total. The van der Waals surface area contributed by atoms with Gasteiger partial charge in [-0.3, -0.25) is 0 Å². The average Bonchev–Trinajstić information content (AvgIpc) is 2.44. The fourth-order valence-electron chi connectivity index (χ4n) is 1.90. The first-order chi connectivity index (χ1) is 9.89. The van der Waals surface area contributed by atoms with Gasteiger partial charge in [0.1, 0.15) is 5.75 Å². The van der Waals surface area contributed by atoms with Crippen LogP contribution in [0.3, 0.4) is 0 Å². The van der Waals surface area contributed by atoms with E-state index in [0.29, 0.717) is 18.0 Å². The first kappa shape index (κ1) is 17.8. The zero-order valence-electron chi connectivity index (χ0n) is 13.1. The van der Waals surface area contributed by atoms with Crippen LogP contribution in [-0.2, 0) is 10.0 Å². The molecule has 0 amide bonds. The molecule has 0 saturated heterocycles. The standard InChI is InChI=1S/C15H26N2O3S/c1-4-5-6-7-8-11-20-15-12-13(9-10-14(15)16)21(18,19)17(2)3/h9-10,12H,4-8,11,16H2,1-3H3. The molecular weight excluding hydrogens is 288 g/mol. The van der Waals surface area contributed by atoms with Crippen molar-refractivity contribution in [2.24, 2.45) is 0 Å². The van der Waals surface area contributed by atoms with Crippen molar-refractivity contribution in [3.8, 4) is 5.75 Å². The fourth-order valence-corrected chi connectivity index (χ4v) is 2.82. The summed E-state index contributed by atoms with van der Waals surface area (Å²) in [6.07, 6.45) is 5.70. The highest BCUT2D eigenvalue weighted by molar-refractivity contribution is 7.89. The second kappa shape index (κ2) is 8.24. The second-order valence-electron chi connectivity index (χ2n) is 5.25. The van der Waals surface area contributed by atoms with Gasteiger partial charge < -0.3 is 10.5 Å². The van der Waals surface area contributed by atoms with Gasteiger partial charge in [0.2, 0.25) is 10.0 Å². The summed E-state index contributed by atoms with van der Waals surface area (Å²) in [4.78, 5) is 0.197. The first-order valence-electron chi connectivity index (χ1n) is 7.34. The Morgan fingerprint density at radius 1 is 1.14 bits per heavy atom. The molecule has 0 aliphatic carbocycles. The third-order valence-electron chi connectivity index (χ3n) is 3.27. The Labute approximate surface area is 128 Å². The molecule has 0 aliphatic rings. The van der Waals surface area contributed by atoms with Gasteiger partial charge in [-0.1, -0.05) is 32.6 Å². The number of ether oxygens (including phenoxy) is 1. The Kier molecular flexibility index (Phi) is 6.98. The van der Waals surface area contributed by atoms with Crippen molar-refractivity contribution < 1.29 is 13.2 Å². The minimum atomic E-state index is -3.46. The van der Waals surface area contributed by atoms with Crippen molar-refractivity contribution in [1.82, 2.24) is 4.31 Å². The van der Waals surface area contributed by atoms with Crippen LogP contribution in [0, 0.1) is 0 Å². The number of nitrogen functional groups attached to an aromatic ring is 1. The Hall–Kier alpha value is -1.27. The minimum Gasteiger partial charge on any atom is -0.491 e. The molecule has 0 spiro atoms. The molecule has 0 bridgehead atoms. The van der Waals surface area contributed by atoms with Gasteiger partial charge in [0.15, 0.2) is 0 Å². The molecule has 0 saturated carbocycles. The number of unbranched alkanes of at least 4 members (excludes halogenated alkanes) is 4. The predicted octanol–water partition coefficient (Wildman–Crippen LogP) is 2.87. The molecule has 0 unspecified atom stereocenters. The maximum absolute atomic E-state index is 12.1. The third-order valence-corrected chi connectivity index (χ3v) is 5.08. The normalized spacial score (nSPS) is 11.8. The number of anilines is 1. The summed E-state index contributed by atoms with van der Waals surface area (Å²) in [5, 5.41) is 0. The monoisotopic (exact) mass is 314 g/mol. The average molecular weight is 314 g/mol. The van der Waals surface area contributed by atoms with E-state index in [4.69, 9.17) is 10.5 Å². The summed E-state index contributed by atoms with van der Waals surface area (Å²) >= 11 is 0. The van der Waals surface area contributed by atoms with E-state index < -0.39 is 10.0 Å². The van der Waals surface area contributed by atoms with E-state index >= 15 is 0 Å². The van der Waals surface area contributed by atoms with E-state index in [1.54, 1.807) is 6.07 Å². The molecule has 6 heteroatoms. The van der Waals surface area contributed by atoms with E-state index in [2.05, 4.69) is 6.92 Å². The highest BCUT2D eigenvalue weighted by Gasteiger charge is 2.18. The lowest BCUT2D eigenvalue weighted by atomic mass is 10.2. The van der Waals surface area contributed by atoms with Gasteiger partial charge in [-0.15, -0.1) is 0 Å². The van der Waals surface area contributed by atoms with Crippen LogP contribution in [0.1, 0.15) is 39.0 Å². The predicted molar refractivity (Wildman–Crippen MR) is 86.0 cm³/mol. The van der Waals surface area contributed by atoms with Crippen molar-refractivity contribution in [1.29, 1.82) is 0 Å². The number of benzene rings is 1. The Balaban J connectivity index is 2.67. The molecule has 0 heterocycles. The molecule has 0 aromatic heterocycles. The van der Waals surface area contributed by atoms with Gasteiger partial charge in [-0.05, 0) is 18.6 Å². The number of nitrogens with zero attached hydrogens (tertiary/aromatic N) is 1. The summed E-state index contributed by atoms with van der Waals surface area (Å²) in [7, 11) is -0.461. The molecular formula is C15H26N2O3S. The van der Waals surface area contributed by atoms with E-state index in [1.165, 1.54) is 49.8 Å². The van der Waals surface area contributed by atoms with Crippen molar-refractivity contribution >= 4 is 15.7 Å². The Morgan fingerprint density at radius 3 is 2.43 bits per heavy atom. The molecule has 0 aliphatic heterocycles. The largest absolute Gasteiger partial charge is 0.491 e. The van der Waals surface area contributed by atoms with Crippen LogP contribution in [0.25, 0.3) is 0 Å². The van der Waals surface area contributed by atoms with Gasteiger partial charge >= 0.3 is 0 Å². The molecule has 0 fully saturated rings. The number of nitrogens with two attached hydrogens (primary N) is 1. The van der Waals surface area contributed by atoms with E-state index in [0.717, 1.165) is 12.8 Å². The van der Waals surface area contributed by atoms with Gasteiger partial charge in [0.05, 0.1) is 17.2 Å². The second-order valence-corrected chi connectivity index (χ2v) is 7.40. The molecule has 2 N–H and O–H groups in total. The van der Waals surface area contributed by atoms with Gasteiger partial charge in [0, 0.05) is 20.2 Å². The maximum Gasteiger partial charge on any atom is 0.242 e. The van der Waals surface area contributed by atoms with Crippen molar-refractivity contribution in [3.63, 3.8) is 0 Å². The van der Waals surface area contributed by atoms with Crippen LogP contribution in [0.4, 0.5) is 5.69 Å². The zero-order valence-corrected chi connectivity index (χ0v) is 13.9. The fraction of sp³-hybridized carbons (Fsp3) is 0.600. The molecule has 1 aromatic carbocycles. The SMILES string of the molecule is CCCCCCCOc1cc(S(=O)(=O)N(C)C)ccc1N. The van der Waals surface area contributed by atoms with Crippen molar-refractivity contribution in [3.05, 3.63) is 18.2 Å². The van der Waals surface area contributed by atoms with Crippen LogP contribution < -0.4 is 10.5 Å². The van der Waals surface area contributed by atoms with E-state index in [1.807, 2.05) is 0 Å². The van der Waals surface area contributed by atoms with Gasteiger partial charge in [0.25, 0.3) is 0 Å². The van der Waals surface area contributed by atoms with Crippen LogP contribution in [0.2, 0.25) is 0 Å². The summed E-state index contributed by atoms with van der Waals surface area (Å²) in [5.41, 5.74) is 6.30. The third kappa shape index (κ3) is 5.21. The minimum absolute atomic E-state index is 0.197. The van der Waals surface area contributed by atoms with Crippen LogP contribution in [0.5, 0.6) is 5.75 Å². The Bertz CT molecular complexity index is 542. The van der Waals surface area contributed by atoms with Crippen LogP contribution in [-0.4, -0.2) is 33.4 Å². The highest BCUT2D eigenvalue weighted by atomic mass is 32.2. The lowest BCUT2D eigenvalue weighted by molar-refractivity contribution is 0.305. The van der Waals surface area contributed by atoms with Gasteiger partial charge in [-0.25, -0.2) is 12.7 Å². The number of sulfonamides is 1. The lowest BCUT2D eigenvalue weighted by Gasteiger charge is -2.14. The molecule has 21 heavy (non-hydrogen) atoms. The highest BCUT2D eigenvalue weighted by Crippen LogP contribution is 2.26. The smallest absolute Gasteiger partial charge is 0.242 e. The topological polar surface area (TPSA) is 72.6 Å². The first-order valence-corrected chi connectivity index (χ1v) is 8.78. The van der Waals surface area contributed by atoms with Crippen LogP contribution in [0.15, 0.2) is 23.1 Å². The quantitative estimate of drug-likeness (QED) is 0.562. The van der Waals surface area contributed by atoms with Gasteiger partial charge in [-0.2, -0.15) is 0 Å². The van der Waals surface area contributed by atoms with E-state index in [9.17, 15) is 8.42 Å². The van der Waals surface area contributed by atoms with Crippen molar-refractivity contribution in [2.45, 2.75) is 43.9 Å². The maximum atomic E-state index is 12.1. The summed E-state index contributed by atoms with van der Waals surface area (Å²) < 4.78 is 30.9. The van der Waals surface area contributed by atoms with E-state index in [-0.39, 0.29) is 4.90 Å². The summed E-state index contributed by atoms with van der Waals surface area (Å²) in [6.45, 7) is 2.73. The molecule has 1 rings (SSSR count). The summed E-state index contributed by atoms with van der Waals surface area (Å²) in [6, 6.07) is 4.57. The lowest BCUT2D eigenvalue weighted by Crippen LogP contribution is -2.22. The molecule has 0 atom stereocenters. The molecule has 1 aromatic rings. The number of hydrogen-bond donors (Lipinski definition) is 1. The number of rotatable bonds is 9.